The average molecular weight is 293 g/mol. The fourth-order valence-electron chi connectivity index (χ4n) is 1.91. The summed E-state index contributed by atoms with van der Waals surface area (Å²) >= 11 is 1.74. The maximum absolute atomic E-state index is 5.57. The lowest BCUT2D eigenvalue weighted by Gasteiger charge is -2.15. The molecule has 4 nitrogen and oxygen atoms in total. The Morgan fingerprint density at radius 2 is 2.25 bits per heavy atom. The summed E-state index contributed by atoms with van der Waals surface area (Å²) in [6.45, 7) is 5.51. The molecular weight excluding hydrogens is 270 g/mol. The molecule has 0 aliphatic heterocycles. The van der Waals surface area contributed by atoms with Gasteiger partial charge in [0.15, 0.2) is 0 Å². The first-order valence-electron chi connectivity index (χ1n) is 6.96. The molecule has 20 heavy (non-hydrogen) atoms. The summed E-state index contributed by atoms with van der Waals surface area (Å²) in [7, 11) is 4.11. The maximum atomic E-state index is 5.57. The van der Waals surface area contributed by atoms with E-state index in [1.165, 1.54) is 10.3 Å². The van der Waals surface area contributed by atoms with Crippen molar-refractivity contribution in [2.45, 2.75) is 13.0 Å². The number of hydrogen-bond donors (Lipinski definition) is 1. The normalized spacial score (nSPS) is 13.2. The number of ether oxygens (including phenoxy) is 1. The monoisotopic (exact) mass is 293 g/mol. The van der Waals surface area contributed by atoms with E-state index in [1.54, 1.807) is 11.3 Å². The van der Waals surface area contributed by atoms with Crippen molar-refractivity contribution in [1.29, 1.82) is 0 Å². The van der Waals surface area contributed by atoms with Gasteiger partial charge in [0.05, 0.1) is 23.4 Å². The van der Waals surface area contributed by atoms with Gasteiger partial charge in [-0.3, -0.25) is 4.98 Å². The molecule has 2 aromatic rings. The predicted octanol–water partition coefficient (Wildman–Crippen LogP) is 2.53. The molecule has 5 heteroatoms. The van der Waals surface area contributed by atoms with Crippen LogP contribution in [0.3, 0.4) is 0 Å². The van der Waals surface area contributed by atoms with Crippen molar-refractivity contribution >= 4 is 21.6 Å². The molecule has 2 rings (SSSR count). The standard InChI is InChI=1S/C15H23N3OS/c1-12(16-5-7-19-8-6-18(2)3)13-10-15-14(17-11-13)4-9-20-15/h4,9-12,16H,5-8H2,1-3H3. The topological polar surface area (TPSA) is 37.4 Å². The Kier molecular flexibility index (Phi) is 5.91. The smallest absolute Gasteiger partial charge is 0.0809 e. The quantitative estimate of drug-likeness (QED) is 0.759. The van der Waals surface area contributed by atoms with Gasteiger partial charge in [0, 0.05) is 25.3 Å². The van der Waals surface area contributed by atoms with Crippen LogP contribution in [0.25, 0.3) is 10.2 Å². The molecule has 1 unspecified atom stereocenters. The van der Waals surface area contributed by atoms with E-state index in [1.807, 2.05) is 6.20 Å². The Hall–Kier alpha value is -1.01. The number of nitrogens with one attached hydrogen (secondary N) is 1. The van der Waals surface area contributed by atoms with Crippen LogP contribution in [0.4, 0.5) is 0 Å². The Morgan fingerprint density at radius 1 is 1.40 bits per heavy atom. The Morgan fingerprint density at radius 3 is 3.05 bits per heavy atom. The van der Waals surface area contributed by atoms with Crippen LogP contribution in [0.15, 0.2) is 23.7 Å². The SMILES string of the molecule is CC(NCCOCCN(C)C)c1cnc2ccsc2c1. The minimum Gasteiger partial charge on any atom is -0.379 e. The molecule has 0 fully saturated rings. The van der Waals surface area contributed by atoms with Crippen molar-refractivity contribution in [2.24, 2.45) is 0 Å². The third-order valence-electron chi connectivity index (χ3n) is 3.20. The first-order valence-corrected chi connectivity index (χ1v) is 7.84. The highest BCUT2D eigenvalue weighted by Gasteiger charge is 2.06. The molecule has 0 aromatic carbocycles. The minimum atomic E-state index is 0.298. The van der Waals surface area contributed by atoms with Crippen molar-refractivity contribution in [1.82, 2.24) is 15.2 Å². The van der Waals surface area contributed by atoms with E-state index in [-0.39, 0.29) is 0 Å². The van der Waals surface area contributed by atoms with E-state index in [0.29, 0.717) is 6.04 Å². The molecule has 0 spiro atoms. The summed E-state index contributed by atoms with van der Waals surface area (Å²) in [6, 6.07) is 4.57. The third kappa shape index (κ3) is 4.52. The van der Waals surface area contributed by atoms with Crippen LogP contribution in [-0.4, -0.2) is 50.3 Å². The molecule has 0 saturated carbocycles. The lowest BCUT2D eigenvalue weighted by atomic mass is 10.1. The second-order valence-corrected chi connectivity index (χ2v) is 6.11. The first-order chi connectivity index (χ1) is 9.66. The van der Waals surface area contributed by atoms with Crippen LogP contribution in [0, 0.1) is 0 Å². The van der Waals surface area contributed by atoms with Crippen LogP contribution in [0.1, 0.15) is 18.5 Å². The summed E-state index contributed by atoms with van der Waals surface area (Å²) in [4.78, 5) is 6.60. The molecule has 0 saturated heterocycles. The zero-order valence-corrected chi connectivity index (χ0v) is 13.2. The molecule has 2 heterocycles. The zero-order valence-electron chi connectivity index (χ0n) is 12.4. The molecule has 1 atom stereocenters. The first kappa shape index (κ1) is 15.4. The van der Waals surface area contributed by atoms with Crippen molar-refractivity contribution in [3.05, 3.63) is 29.3 Å². The second-order valence-electron chi connectivity index (χ2n) is 5.16. The molecule has 1 N–H and O–H groups in total. The molecule has 110 valence electrons. The van der Waals surface area contributed by atoms with E-state index < -0.39 is 0 Å². The largest absolute Gasteiger partial charge is 0.379 e. The van der Waals surface area contributed by atoms with Gasteiger partial charge >= 0.3 is 0 Å². The summed E-state index contributed by atoms with van der Waals surface area (Å²) in [5, 5.41) is 5.55. The van der Waals surface area contributed by atoms with E-state index in [2.05, 4.69) is 53.7 Å². The highest BCUT2D eigenvalue weighted by Crippen LogP contribution is 2.22. The highest BCUT2D eigenvalue weighted by atomic mass is 32.1. The van der Waals surface area contributed by atoms with Crippen LogP contribution in [0.5, 0.6) is 0 Å². The van der Waals surface area contributed by atoms with E-state index in [0.717, 1.165) is 31.8 Å². The molecule has 0 radical (unpaired) electrons. The van der Waals surface area contributed by atoms with Crippen LogP contribution in [0.2, 0.25) is 0 Å². The van der Waals surface area contributed by atoms with Crippen molar-refractivity contribution in [3.63, 3.8) is 0 Å². The number of aromatic nitrogens is 1. The van der Waals surface area contributed by atoms with E-state index in [9.17, 15) is 0 Å². The summed E-state index contributed by atoms with van der Waals surface area (Å²) in [5.74, 6) is 0. The van der Waals surface area contributed by atoms with Crippen molar-refractivity contribution < 1.29 is 4.74 Å². The third-order valence-corrected chi connectivity index (χ3v) is 4.06. The Balaban J connectivity index is 1.72. The van der Waals surface area contributed by atoms with Gasteiger partial charge in [0.2, 0.25) is 0 Å². The van der Waals surface area contributed by atoms with Gasteiger partial charge in [-0.1, -0.05) is 0 Å². The summed E-state index contributed by atoms with van der Waals surface area (Å²) in [6.07, 6.45) is 1.96. The second kappa shape index (κ2) is 7.69. The van der Waals surface area contributed by atoms with E-state index in [4.69, 9.17) is 4.74 Å². The number of rotatable bonds is 8. The van der Waals surface area contributed by atoms with Gasteiger partial charge in [-0.15, -0.1) is 11.3 Å². The van der Waals surface area contributed by atoms with Crippen molar-refractivity contribution in [2.75, 3.05) is 40.4 Å². The predicted molar refractivity (Wildman–Crippen MR) is 85.4 cm³/mol. The van der Waals surface area contributed by atoms with Gasteiger partial charge < -0.3 is 15.0 Å². The number of fused-ring (bicyclic) bond motifs is 1. The van der Waals surface area contributed by atoms with Gasteiger partial charge in [-0.05, 0) is 44.1 Å². The minimum absolute atomic E-state index is 0.298. The number of pyridine rings is 1. The van der Waals surface area contributed by atoms with Gasteiger partial charge in [-0.2, -0.15) is 0 Å². The molecule has 2 aromatic heterocycles. The fraction of sp³-hybridized carbons (Fsp3) is 0.533. The van der Waals surface area contributed by atoms with Crippen LogP contribution in [-0.2, 0) is 4.74 Å². The number of likely N-dealkylation sites (N-methyl/N-ethyl adjacent to an activating group) is 1. The van der Waals surface area contributed by atoms with Gasteiger partial charge in [0.25, 0.3) is 0 Å². The van der Waals surface area contributed by atoms with E-state index >= 15 is 0 Å². The molecule has 0 bridgehead atoms. The molecular formula is C15H23N3OS. The zero-order chi connectivity index (χ0) is 14.4. The number of hydrogen-bond acceptors (Lipinski definition) is 5. The molecule has 0 amide bonds. The number of nitrogens with zero attached hydrogens (tertiary/aromatic N) is 2. The summed E-state index contributed by atoms with van der Waals surface area (Å²) < 4.78 is 6.82. The Labute approximate surface area is 124 Å². The fourth-order valence-corrected chi connectivity index (χ4v) is 2.70. The average Bonchev–Trinajstić information content (AvgIpc) is 2.89. The molecule has 0 aliphatic carbocycles. The Bertz CT molecular complexity index is 527. The number of thiophene rings is 1. The lowest BCUT2D eigenvalue weighted by Crippen LogP contribution is -2.25. The van der Waals surface area contributed by atoms with Crippen molar-refractivity contribution in [3.8, 4) is 0 Å². The van der Waals surface area contributed by atoms with Gasteiger partial charge in [0.1, 0.15) is 0 Å². The highest BCUT2D eigenvalue weighted by molar-refractivity contribution is 7.17. The molecule has 0 aliphatic rings. The van der Waals surface area contributed by atoms with Gasteiger partial charge in [-0.25, -0.2) is 0 Å². The van der Waals surface area contributed by atoms with Crippen LogP contribution >= 0.6 is 11.3 Å². The maximum Gasteiger partial charge on any atom is 0.0809 e. The lowest BCUT2D eigenvalue weighted by molar-refractivity contribution is 0.118. The summed E-state index contributed by atoms with van der Waals surface area (Å²) in [5.41, 5.74) is 2.31. The van der Waals surface area contributed by atoms with Crippen LogP contribution < -0.4 is 5.32 Å².